The number of morpholine rings is 1. The van der Waals surface area contributed by atoms with Gasteiger partial charge >= 0.3 is 6.09 Å². The maximum absolute atomic E-state index is 13.0. The summed E-state index contributed by atoms with van der Waals surface area (Å²) < 4.78 is 5.60. The first-order valence-electron chi connectivity index (χ1n) is 10.0. The molecule has 11 heteroatoms. The van der Waals surface area contributed by atoms with Gasteiger partial charge in [-0.25, -0.2) is 4.79 Å². The molecule has 31 heavy (non-hydrogen) atoms. The van der Waals surface area contributed by atoms with Gasteiger partial charge in [0.15, 0.2) is 0 Å². The second-order valence-electron chi connectivity index (χ2n) is 7.61. The predicted molar refractivity (Wildman–Crippen MR) is 106 cm³/mol. The number of imide groups is 2. The molecule has 3 aliphatic heterocycles. The van der Waals surface area contributed by atoms with E-state index in [4.69, 9.17) is 9.84 Å². The average Bonchev–Trinajstić information content (AvgIpc) is 3.00. The van der Waals surface area contributed by atoms with Gasteiger partial charge in [0.25, 0.3) is 11.8 Å². The van der Waals surface area contributed by atoms with Crippen molar-refractivity contribution in [1.29, 1.82) is 0 Å². The number of hydrogen-bond donors (Lipinski definition) is 3. The van der Waals surface area contributed by atoms with E-state index in [2.05, 4.69) is 10.6 Å². The zero-order valence-electron chi connectivity index (χ0n) is 16.6. The standard InChI is InChI=1S/C20H22N4O7/c25-15-5-4-14(17(26)22-15)24-18(27)12-2-1-3-13(16(12)19(24)28)21-7-6-11-10-23(20(29)30)8-9-31-11/h1-3,11,14,21H,4-10H2,(H,29,30)(H,22,25,26)/t11-,14?/m0/s1. The Labute approximate surface area is 177 Å². The molecule has 164 valence electrons. The van der Waals surface area contributed by atoms with Crippen molar-refractivity contribution in [3.8, 4) is 0 Å². The van der Waals surface area contributed by atoms with Gasteiger partial charge in [0.05, 0.1) is 30.4 Å². The maximum atomic E-state index is 13.0. The highest BCUT2D eigenvalue weighted by Crippen LogP contribution is 2.32. The van der Waals surface area contributed by atoms with Crippen LogP contribution in [0.1, 0.15) is 40.0 Å². The van der Waals surface area contributed by atoms with Crippen molar-refractivity contribution in [2.45, 2.75) is 31.4 Å². The van der Waals surface area contributed by atoms with Crippen molar-refractivity contribution in [3.63, 3.8) is 0 Å². The Hall–Kier alpha value is -3.47. The molecule has 2 saturated heterocycles. The molecule has 2 atom stereocenters. The van der Waals surface area contributed by atoms with Crippen LogP contribution in [0.4, 0.5) is 10.5 Å². The van der Waals surface area contributed by atoms with Crippen LogP contribution < -0.4 is 10.6 Å². The number of amides is 5. The van der Waals surface area contributed by atoms with Crippen LogP contribution in [0.25, 0.3) is 0 Å². The minimum atomic E-state index is -1.02. The highest BCUT2D eigenvalue weighted by Gasteiger charge is 2.45. The van der Waals surface area contributed by atoms with Crippen LogP contribution in [0, 0.1) is 0 Å². The molecular weight excluding hydrogens is 408 g/mol. The first-order chi connectivity index (χ1) is 14.9. The summed E-state index contributed by atoms with van der Waals surface area (Å²) in [5.41, 5.74) is 0.844. The Balaban J connectivity index is 1.44. The van der Waals surface area contributed by atoms with Crippen molar-refractivity contribution in [1.82, 2.24) is 15.1 Å². The van der Waals surface area contributed by atoms with Gasteiger partial charge in [-0.1, -0.05) is 6.07 Å². The first kappa shape index (κ1) is 20.8. The van der Waals surface area contributed by atoms with E-state index in [0.717, 1.165) is 4.90 Å². The second kappa shape index (κ2) is 8.34. The third-order valence-electron chi connectivity index (χ3n) is 5.66. The monoisotopic (exact) mass is 430 g/mol. The van der Waals surface area contributed by atoms with Gasteiger partial charge in [-0.15, -0.1) is 0 Å². The lowest BCUT2D eigenvalue weighted by Crippen LogP contribution is -2.54. The number of benzene rings is 1. The fraction of sp³-hybridized carbons (Fsp3) is 0.450. The molecule has 3 aliphatic rings. The van der Waals surface area contributed by atoms with Crippen LogP contribution in [0.5, 0.6) is 0 Å². The van der Waals surface area contributed by atoms with Crippen LogP contribution in [0.15, 0.2) is 18.2 Å². The fourth-order valence-electron chi connectivity index (χ4n) is 4.10. The molecule has 3 N–H and O–H groups in total. The number of ether oxygens (including phenoxy) is 1. The van der Waals surface area contributed by atoms with Gasteiger partial charge in [0.2, 0.25) is 11.8 Å². The summed E-state index contributed by atoms with van der Waals surface area (Å²) in [4.78, 5) is 62.8. The predicted octanol–water partition coefficient (Wildman–Crippen LogP) is 0.269. The number of piperidine rings is 1. The van der Waals surface area contributed by atoms with Crippen LogP contribution in [0.3, 0.4) is 0 Å². The number of rotatable bonds is 5. The molecule has 0 aliphatic carbocycles. The van der Waals surface area contributed by atoms with Crippen LogP contribution in [-0.2, 0) is 14.3 Å². The lowest BCUT2D eigenvalue weighted by atomic mass is 10.0. The number of hydrogen-bond acceptors (Lipinski definition) is 7. The third kappa shape index (κ3) is 3.96. The Morgan fingerprint density at radius 1 is 1.23 bits per heavy atom. The molecule has 1 aromatic rings. The molecule has 5 amide bonds. The largest absolute Gasteiger partial charge is 0.465 e. The van der Waals surface area contributed by atoms with Gasteiger partial charge < -0.3 is 20.1 Å². The summed E-state index contributed by atoms with van der Waals surface area (Å²) >= 11 is 0. The molecular formula is C20H22N4O7. The number of nitrogens with zero attached hydrogens (tertiary/aromatic N) is 2. The molecule has 0 saturated carbocycles. The Kier molecular flexibility index (Phi) is 5.59. The Morgan fingerprint density at radius 3 is 2.77 bits per heavy atom. The van der Waals surface area contributed by atoms with Crippen molar-refractivity contribution < 1.29 is 33.8 Å². The quantitative estimate of drug-likeness (QED) is 0.565. The summed E-state index contributed by atoms with van der Waals surface area (Å²) in [6.07, 6.45) is -0.597. The van der Waals surface area contributed by atoms with E-state index in [1.807, 2.05) is 0 Å². The summed E-state index contributed by atoms with van der Waals surface area (Å²) in [6.45, 7) is 1.32. The van der Waals surface area contributed by atoms with E-state index in [1.54, 1.807) is 12.1 Å². The van der Waals surface area contributed by atoms with Crippen LogP contribution in [-0.4, -0.2) is 83.0 Å². The topological polar surface area (TPSA) is 145 Å². The number of carbonyl (C=O) groups is 5. The fourth-order valence-corrected chi connectivity index (χ4v) is 4.10. The summed E-state index contributed by atoms with van der Waals surface area (Å²) in [7, 11) is 0. The smallest absolute Gasteiger partial charge is 0.407 e. The lowest BCUT2D eigenvalue weighted by molar-refractivity contribution is -0.136. The number of anilines is 1. The van der Waals surface area contributed by atoms with Crippen molar-refractivity contribution in [2.24, 2.45) is 0 Å². The molecule has 0 radical (unpaired) electrons. The molecule has 0 spiro atoms. The minimum absolute atomic E-state index is 0.0592. The Morgan fingerprint density at radius 2 is 2.03 bits per heavy atom. The lowest BCUT2D eigenvalue weighted by Gasteiger charge is -2.31. The molecule has 0 bridgehead atoms. The van der Waals surface area contributed by atoms with Crippen molar-refractivity contribution in [2.75, 3.05) is 31.6 Å². The highest BCUT2D eigenvalue weighted by molar-refractivity contribution is 6.25. The van der Waals surface area contributed by atoms with E-state index >= 15 is 0 Å². The zero-order chi connectivity index (χ0) is 22.1. The maximum Gasteiger partial charge on any atom is 0.407 e. The molecule has 0 aromatic heterocycles. The minimum Gasteiger partial charge on any atom is -0.465 e. The molecule has 2 fully saturated rings. The van der Waals surface area contributed by atoms with E-state index in [1.165, 1.54) is 11.0 Å². The van der Waals surface area contributed by atoms with Crippen molar-refractivity contribution >= 4 is 35.4 Å². The Bertz CT molecular complexity index is 963. The van der Waals surface area contributed by atoms with E-state index in [0.29, 0.717) is 31.8 Å². The molecule has 1 unspecified atom stereocenters. The number of carboxylic acid groups (broad SMARTS) is 1. The summed E-state index contributed by atoms with van der Waals surface area (Å²) in [6, 6.07) is 3.82. The van der Waals surface area contributed by atoms with Gasteiger partial charge in [-0.2, -0.15) is 0 Å². The highest BCUT2D eigenvalue weighted by atomic mass is 16.5. The number of carbonyl (C=O) groups excluding carboxylic acids is 4. The molecule has 11 nitrogen and oxygen atoms in total. The normalized spacial score (nSPS) is 23.6. The average molecular weight is 430 g/mol. The molecule has 4 rings (SSSR count). The number of fused-ring (bicyclic) bond motifs is 1. The summed E-state index contributed by atoms with van der Waals surface area (Å²) in [5.74, 6) is -2.22. The van der Waals surface area contributed by atoms with Crippen molar-refractivity contribution in [3.05, 3.63) is 29.3 Å². The van der Waals surface area contributed by atoms with E-state index in [-0.39, 0.29) is 36.6 Å². The van der Waals surface area contributed by atoms with Gasteiger partial charge in [0.1, 0.15) is 6.04 Å². The number of nitrogens with one attached hydrogen (secondary N) is 2. The third-order valence-corrected chi connectivity index (χ3v) is 5.66. The molecule has 3 heterocycles. The van der Waals surface area contributed by atoms with Gasteiger partial charge in [-0.05, 0) is 25.0 Å². The van der Waals surface area contributed by atoms with Gasteiger partial charge in [-0.3, -0.25) is 29.4 Å². The SMILES string of the molecule is O=C1CCC(N2C(=O)c3cccc(NCC[C@H]4CN(C(=O)O)CCO4)c3C2=O)C(=O)N1. The first-order valence-corrected chi connectivity index (χ1v) is 10.0. The zero-order valence-corrected chi connectivity index (χ0v) is 16.6. The van der Waals surface area contributed by atoms with E-state index < -0.39 is 35.8 Å². The van der Waals surface area contributed by atoms with Gasteiger partial charge in [0, 0.05) is 25.2 Å². The molecule has 1 aromatic carbocycles. The summed E-state index contributed by atoms with van der Waals surface area (Å²) in [5, 5.41) is 14.4. The van der Waals surface area contributed by atoms with E-state index in [9.17, 15) is 24.0 Å². The second-order valence-corrected chi connectivity index (χ2v) is 7.61. The van der Waals surface area contributed by atoms with Crippen LogP contribution in [0.2, 0.25) is 0 Å². The van der Waals surface area contributed by atoms with Crippen LogP contribution >= 0.6 is 0 Å².